The highest BCUT2D eigenvalue weighted by Crippen LogP contribution is 2.22. The van der Waals surface area contributed by atoms with Crippen LogP contribution in [0.3, 0.4) is 0 Å². The molecule has 1 aromatic heterocycles. The number of carbonyl (C=O) groups is 1. The number of hydrogen-bond acceptors (Lipinski definition) is 3. The van der Waals surface area contributed by atoms with Crippen molar-refractivity contribution in [3.63, 3.8) is 0 Å². The van der Waals surface area contributed by atoms with E-state index in [0.29, 0.717) is 18.2 Å². The quantitative estimate of drug-likeness (QED) is 0.612. The Morgan fingerprint density at radius 1 is 1.54 bits per heavy atom. The van der Waals surface area contributed by atoms with Crippen LogP contribution in [0.1, 0.15) is 29.4 Å². The van der Waals surface area contributed by atoms with Crippen molar-refractivity contribution in [2.75, 3.05) is 6.61 Å². The van der Waals surface area contributed by atoms with E-state index >= 15 is 0 Å². The lowest BCUT2D eigenvalue weighted by Gasteiger charge is -2.15. The third-order valence-corrected chi connectivity index (χ3v) is 2.13. The maximum atomic E-state index is 11.0. The lowest BCUT2D eigenvalue weighted by Crippen LogP contribution is -2.11. The number of Topliss-reactive ketones (excluding diaryl/α,β-unsaturated/α-hetero) is 1. The first-order valence-electron chi connectivity index (χ1n) is 4.41. The Balaban J connectivity index is 2.40. The summed E-state index contributed by atoms with van der Waals surface area (Å²) in [4.78, 5) is 15.2. The van der Waals surface area contributed by atoms with Crippen molar-refractivity contribution < 1.29 is 9.53 Å². The molecule has 0 unspecified atom stereocenters. The lowest BCUT2D eigenvalue weighted by molar-refractivity contribution is 0.101. The van der Waals surface area contributed by atoms with Gasteiger partial charge in [0, 0.05) is 12.5 Å². The molecule has 0 aromatic carbocycles. The number of carbonyl (C=O) groups excluding carboxylic acids is 1. The molecule has 0 N–H and O–H groups in total. The topological polar surface area (TPSA) is 39.2 Å². The Labute approximate surface area is 76.7 Å². The second kappa shape index (κ2) is 3.17. The van der Waals surface area contributed by atoms with E-state index in [4.69, 9.17) is 4.74 Å². The van der Waals surface area contributed by atoms with Gasteiger partial charge < -0.3 is 4.74 Å². The zero-order chi connectivity index (χ0) is 9.26. The molecule has 3 heteroatoms. The zero-order valence-corrected chi connectivity index (χ0v) is 7.54. The molecule has 2 heterocycles. The molecular formula is C10H11NO2. The van der Waals surface area contributed by atoms with Gasteiger partial charge >= 0.3 is 0 Å². The highest BCUT2D eigenvalue weighted by molar-refractivity contribution is 5.92. The van der Waals surface area contributed by atoms with Crippen LogP contribution in [-0.2, 0) is 6.42 Å². The van der Waals surface area contributed by atoms with Crippen LogP contribution in [0.4, 0.5) is 0 Å². The van der Waals surface area contributed by atoms with Gasteiger partial charge in [-0.05, 0) is 18.9 Å². The van der Waals surface area contributed by atoms with Gasteiger partial charge in [-0.2, -0.15) is 0 Å². The summed E-state index contributed by atoms with van der Waals surface area (Å²) in [5.74, 6) is 0.621. The van der Waals surface area contributed by atoms with Crippen molar-refractivity contribution in [2.24, 2.45) is 0 Å². The zero-order valence-electron chi connectivity index (χ0n) is 7.54. The minimum atomic E-state index is -0.0167. The third-order valence-electron chi connectivity index (χ3n) is 2.13. The summed E-state index contributed by atoms with van der Waals surface area (Å²) >= 11 is 0. The fraction of sp³-hybridized carbons (Fsp3) is 0.400. The Hall–Kier alpha value is -1.38. The summed E-state index contributed by atoms with van der Waals surface area (Å²) < 4.78 is 5.35. The number of fused-ring (bicyclic) bond motifs is 1. The average Bonchev–Trinajstić information content (AvgIpc) is 2.17. The van der Waals surface area contributed by atoms with Gasteiger partial charge in [0.05, 0.1) is 6.61 Å². The Bertz CT molecular complexity index is 347. The molecule has 0 atom stereocenters. The molecule has 0 saturated carbocycles. The summed E-state index contributed by atoms with van der Waals surface area (Å²) in [7, 11) is 0. The van der Waals surface area contributed by atoms with E-state index in [-0.39, 0.29) is 5.78 Å². The van der Waals surface area contributed by atoms with Crippen molar-refractivity contribution in [1.29, 1.82) is 0 Å². The first kappa shape index (κ1) is 8.23. The highest BCUT2D eigenvalue weighted by atomic mass is 16.5. The Morgan fingerprint density at radius 2 is 2.38 bits per heavy atom. The predicted molar refractivity (Wildman–Crippen MR) is 48.1 cm³/mol. The molecule has 0 saturated heterocycles. The fourth-order valence-corrected chi connectivity index (χ4v) is 1.41. The van der Waals surface area contributed by atoms with Gasteiger partial charge in [-0.1, -0.05) is 6.07 Å². The molecule has 1 aliphatic rings. The van der Waals surface area contributed by atoms with Crippen LogP contribution in [0.5, 0.6) is 5.88 Å². The third kappa shape index (κ3) is 1.54. The van der Waals surface area contributed by atoms with Gasteiger partial charge in [0.25, 0.3) is 0 Å². The Kier molecular flexibility index (Phi) is 2.00. The summed E-state index contributed by atoms with van der Waals surface area (Å²) in [6.07, 6.45) is 2.04. The van der Waals surface area contributed by atoms with Gasteiger partial charge in [0.2, 0.25) is 5.88 Å². The Morgan fingerprint density at radius 3 is 3.15 bits per heavy atom. The van der Waals surface area contributed by atoms with Crippen LogP contribution in [0, 0.1) is 0 Å². The molecule has 1 aromatic rings. The maximum Gasteiger partial charge on any atom is 0.217 e. The smallest absolute Gasteiger partial charge is 0.217 e. The first-order valence-corrected chi connectivity index (χ1v) is 4.41. The van der Waals surface area contributed by atoms with E-state index in [1.54, 1.807) is 6.07 Å². The van der Waals surface area contributed by atoms with Crippen molar-refractivity contribution in [2.45, 2.75) is 19.8 Å². The molecule has 0 aliphatic carbocycles. The number of aromatic nitrogens is 1. The van der Waals surface area contributed by atoms with E-state index in [2.05, 4.69) is 4.98 Å². The molecule has 68 valence electrons. The number of ketones is 1. The number of ether oxygens (including phenoxy) is 1. The number of nitrogens with zero attached hydrogens (tertiary/aromatic N) is 1. The largest absolute Gasteiger partial charge is 0.477 e. The molecule has 13 heavy (non-hydrogen) atoms. The predicted octanol–water partition coefficient (Wildman–Crippen LogP) is 1.61. The van der Waals surface area contributed by atoms with E-state index < -0.39 is 0 Å². The van der Waals surface area contributed by atoms with E-state index in [9.17, 15) is 4.79 Å². The first-order chi connectivity index (χ1) is 6.27. The molecule has 2 rings (SSSR count). The average molecular weight is 177 g/mol. The van der Waals surface area contributed by atoms with Crippen LogP contribution in [-0.4, -0.2) is 17.4 Å². The standard InChI is InChI=1S/C10H11NO2/c1-7(12)9-5-4-8-3-2-6-13-10(8)11-9/h4-5H,2-3,6H2,1H3. The number of aryl methyl sites for hydroxylation is 1. The fourth-order valence-electron chi connectivity index (χ4n) is 1.41. The highest BCUT2D eigenvalue weighted by Gasteiger charge is 2.13. The van der Waals surface area contributed by atoms with Gasteiger partial charge in [-0.15, -0.1) is 0 Å². The van der Waals surface area contributed by atoms with Crippen molar-refractivity contribution in [1.82, 2.24) is 4.98 Å². The molecule has 0 amide bonds. The summed E-state index contributed by atoms with van der Waals surface area (Å²) in [6.45, 7) is 2.22. The van der Waals surface area contributed by atoms with Gasteiger partial charge in [0.15, 0.2) is 5.78 Å². The molecule has 3 nitrogen and oxygen atoms in total. The molecule has 0 fully saturated rings. The monoisotopic (exact) mass is 177 g/mol. The molecule has 0 bridgehead atoms. The van der Waals surface area contributed by atoms with Crippen LogP contribution < -0.4 is 4.74 Å². The lowest BCUT2D eigenvalue weighted by atomic mass is 10.1. The van der Waals surface area contributed by atoms with E-state index in [1.807, 2.05) is 6.07 Å². The second-order valence-corrected chi connectivity index (χ2v) is 3.17. The van der Waals surface area contributed by atoms with Crippen LogP contribution in [0.25, 0.3) is 0 Å². The number of pyridine rings is 1. The summed E-state index contributed by atoms with van der Waals surface area (Å²) in [5.41, 5.74) is 1.59. The van der Waals surface area contributed by atoms with E-state index in [1.165, 1.54) is 6.92 Å². The van der Waals surface area contributed by atoms with E-state index in [0.717, 1.165) is 18.4 Å². The van der Waals surface area contributed by atoms with Crippen LogP contribution in [0.15, 0.2) is 12.1 Å². The van der Waals surface area contributed by atoms with Crippen molar-refractivity contribution >= 4 is 5.78 Å². The van der Waals surface area contributed by atoms with Gasteiger partial charge in [-0.3, -0.25) is 4.79 Å². The van der Waals surface area contributed by atoms with Crippen LogP contribution >= 0.6 is 0 Å². The van der Waals surface area contributed by atoms with Gasteiger partial charge in [0.1, 0.15) is 5.69 Å². The molecule has 0 spiro atoms. The minimum Gasteiger partial charge on any atom is -0.477 e. The van der Waals surface area contributed by atoms with Gasteiger partial charge in [-0.25, -0.2) is 4.98 Å². The molecular weight excluding hydrogens is 166 g/mol. The molecule has 1 aliphatic heterocycles. The van der Waals surface area contributed by atoms with Crippen LogP contribution in [0.2, 0.25) is 0 Å². The maximum absolute atomic E-state index is 11.0. The van der Waals surface area contributed by atoms with Crippen molar-refractivity contribution in [3.8, 4) is 5.88 Å². The second-order valence-electron chi connectivity index (χ2n) is 3.17. The summed E-state index contributed by atoms with van der Waals surface area (Å²) in [5, 5.41) is 0. The number of rotatable bonds is 1. The minimum absolute atomic E-state index is 0.0167. The number of hydrogen-bond donors (Lipinski definition) is 0. The normalized spacial score (nSPS) is 14.5. The van der Waals surface area contributed by atoms with Crippen molar-refractivity contribution in [3.05, 3.63) is 23.4 Å². The SMILES string of the molecule is CC(=O)c1ccc2c(n1)OCCC2. The summed E-state index contributed by atoms with van der Waals surface area (Å²) in [6, 6.07) is 3.69. The molecule has 0 radical (unpaired) electrons.